The van der Waals surface area contributed by atoms with E-state index in [0.717, 1.165) is 17.0 Å². The second-order valence-electron chi connectivity index (χ2n) is 3.04. The van der Waals surface area contributed by atoms with E-state index in [1.807, 2.05) is 6.92 Å². The summed E-state index contributed by atoms with van der Waals surface area (Å²) in [6.45, 7) is 5.63. The highest BCUT2D eigenvalue weighted by Gasteiger charge is 2.21. The average molecular weight is 171 g/mol. The average Bonchev–Trinajstić information content (AvgIpc) is 2.31. The lowest BCUT2D eigenvalue weighted by Gasteiger charge is -2.15. The molecule has 0 bridgehead atoms. The molecule has 1 rings (SSSR count). The molecule has 11 heavy (non-hydrogen) atoms. The third kappa shape index (κ3) is 1.79. The van der Waals surface area contributed by atoms with Gasteiger partial charge in [0.25, 0.3) is 0 Å². The molecule has 0 saturated heterocycles. The van der Waals surface area contributed by atoms with Gasteiger partial charge in [0.15, 0.2) is 0 Å². The molecule has 1 heterocycles. The quantitative estimate of drug-likeness (QED) is 0.737. The summed E-state index contributed by atoms with van der Waals surface area (Å²) in [5.74, 6) is 0. The fourth-order valence-corrected chi connectivity index (χ4v) is 1.93. The van der Waals surface area contributed by atoms with Gasteiger partial charge in [0, 0.05) is 0 Å². The van der Waals surface area contributed by atoms with Crippen LogP contribution in [0.4, 0.5) is 0 Å². The minimum Gasteiger partial charge on any atom is -0.385 e. The molecule has 0 aliphatic carbocycles. The summed E-state index contributed by atoms with van der Waals surface area (Å²) < 4.78 is 0. The molecule has 2 nitrogen and oxygen atoms in total. The maximum Gasteiger partial charge on any atom is 0.0950 e. The molecule has 0 aliphatic rings. The van der Waals surface area contributed by atoms with Gasteiger partial charge in [-0.3, -0.25) is 0 Å². The zero-order valence-corrected chi connectivity index (χ0v) is 7.90. The fourth-order valence-electron chi connectivity index (χ4n) is 1.02. The standard InChI is InChI=1S/C8H13NOS/c1-4-6-7(8(2,3)10)11-5-9-6/h5,10H,4H2,1-3H3. The molecule has 0 atom stereocenters. The van der Waals surface area contributed by atoms with Crippen LogP contribution in [0.2, 0.25) is 0 Å². The van der Waals surface area contributed by atoms with Crippen molar-refractivity contribution in [1.82, 2.24) is 4.98 Å². The van der Waals surface area contributed by atoms with Crippen LogP contribution in [-0.2, 0) is 12.0 Å². The molecule has 0 aliphatic heterocycles. The summed E-state index contributed by atoms with van der Waals surface area (Å²) >= 11 is 1.52. The number of rotatable bonds is 2. The van der Waals surface area contributed by atoms with Gasteiger partial charge in [-0.05, 0) is 20.3 Å². The Morgan fingerprint density at radius 1 is 1.64 bits per heavy atom. The molecule has 1 aromatic heterocycles. The monoisotopic (exact) mass is 171 g/mol. The van der Waals surface area contributed by atoms with Crippen LogP contribution < -0.4 is 0 Å². The Balaban J connectivity index is 3.02. The van der Waals surface area contributed by atoms with Crippen LogP contribution in [0.3, 0.4) is 0 Å². The van der Waals surface area contributed by atoms with Crippen LogP contribution in [-0.4, -0.2) is 10.1 Å². The topological polar surface area (TPSA) is 33.1 Å². The van der Waals surface area contributed by atoms with Crippen LogP contribution in [0.5, 0.6) is 0 Å². The van der Waals surface area contributed by atoms with Gasteiger partial charge in [-0.1, -0.05) is 6.92 Å². The van der Waals surface area contributed by atoms with E-state index in [9.17, 15) is 5.11 Å². The molecule has 0 radical (unpaired) electrons. The van der Waals surface area contributed by atoms with Crippen LogP contribution in [0.1, 0.15) is 31.3 Å². The van der Waals surface area contributed by atoms with Crippen molar-refractivity contribution >= 4 is 11.3 Å². The first-order valence-corrected chi connectivity index (χ1v) is 4.59. The predicted molar refractivity (Wildman–Crippen MR) is 46.7 cm³/mol. The number of aromatic nitrogens is 1. The Morgan fingerprint density at radius 3 is 2.64 bits per heavy atom. The van der Waals surface area contributed by atoms with E-state index < -0.39 is 5.60 Å². The largest absolute Gasteiger partial charge is 0.385 e. The number of aryl methyl sites for hydroxylation is 1. The van der Waals surface area contributed by atoms with Crippen molar-refractivity contribution in [1.29, 1.82) is 0 Å². The van der Waals surface area contributed by atoms with Crippen molar-refractivity contribution in [2.75, 3.05) is 0 Å². The van der Waals surface area contributed by atoms with Gasteiger partial charge in [0.05, 0.1) is 21.7 Å². The molecule has 1 N–H and O–H groups in total. The second kappa shape index (κ2) is 2.91. The van der Waals surface area contributed by atoms with E-state index in [4.69, 9.17) is 0 Å². The maximum atomic E-state index is 9.66. The molecule has 0 amide bonds. The lowest BCUT2D eigenvalue weighted by atomic mass is 10.1. The molecule has 62 valence electrons. The van der Waals surface area contributed by atoms with Gasteiger partial charge < -0.3 is 5.11 Å². The van der Waals surface area contributed by atoms with E-state index in [2.05, 4.69) is 4.98 Å². The van der Waals surface area contributed by atoms with Crippen molar-refractivity contribution < 1.29 is 5.11 Å². The first-order chi connectivity index (χ1) is 5.05. The Hall–Kier alpha value is -0.410. The first kappa shape index (κ1) is 8.68. The smallest absolute Gasteiger partial charge is 0.0950 e. The minimum atomic E-state index is -0.730. The van der Waals surface area contributed by atoms with Crippen LogP contribution in [0.15, 0.2) is 5.51 Å². The van der Waals surface area contributed by atoms with Gasteiger partial charge >= 0.3 is 0 Å². The van der Waals surface area contributed by atoms with Crippen molar-refractivity contribution in [2.24, 2.45) is 0 Å². The second-order valence-corrected chi connectivity index (χ2v) is 3.90. The third-order valence-electron chi connectivity index (χ3n) is 1.53. The minimum absolute atomic E-state index is 0.730. The zero-order chi connectivity index (χ0) is 8.48. The highest BCUT2D eigenvalue weighted by molar-refractivity contribution is 7.09. The van der Waals surface area contributed by atoms with Crippen molar-refractivity contribution in [3.63, 3.8) is 0 Å². The molecule has 1 aromatic rings. The summed E-state index contributed by atoms with van der Waals surface area (Å²) in [5, 5.41) is 9.66. The SMILES string of the molecule is CCc1ncsc1C(C)(C)O. The number of thiazole rings is 1. The molecule has 0 spiro atoms. The van der Waals surface area contributed by atoms with E-state index >= 15 is 0 Å². The van der Waals surface area contributed by atoms with Crippen molar-refractivity contribution in [3.8, 4) is 0 Å². The summed E-state index contributed by atoms with van der Waals surface area (Å²) in [6.07, 6.45) is 0.892. The van der Waals surface area contributed by atoms with Gasteiger partial charge in [0.1, 0.15) is 0 Å². The predicted octanol–water partition coefficient (Wildman–Crippen LogP) is 1.93. The Kier molecular flexibility index (Phi) is 2.30. The number of nitrogens with zero attached hydrogens (tertiary/aromatic N) is 1. The summed E-state index contributed by atoms with van der Waals surface area (Å²) in [5.41, 5.74) is 2.07. The van der Waals surface area contributed by atoms with E-state index in [0.29, 0.717) is 0 Å². The van der Waals surface area contributed by atoms with Crippen molar-refractivity contribution in [3.05, 3.63) is 16.1 Å². The maximum absolute atomic E-state index is 9.66. The normalized spacial score (nSPS) is 12.0. The van der Waals surface area contributed by atoms with Gasteiger partial charge in [-0.2, -0.15) is 0 Å². The molecule has 0 aromatic carbocycles. The Labute approximate surface area is 70.9 Å². The van der Waals surface area contributed by atoms with Gasteiger partial charge in [-0.15, -0.1) is 11.3 Å². The Bertz CT molecular complexity index is 236. The van der Waals surface area contributed by atoms with Crippen molar-refractivity contribution in [2.45, 2.75) is 32.8 Å². The fraction of sp³-hybridized carbons (Fsp3) is 0.625. The van der Waals surface area contributed by atoms with Gasteiger partial charge in [-0.25, -0.2) is 4.98 Å². The lowest BCUT2D eigenvalue weighted by molar-refractivity contribution is 0.0814. The molecule has 3 heteroatoms. The number of aliphatic hydroxyl groups is 1. The first-order valence-electron chi connectivity index (χ1n) is 3.71. The summed E-state index contributed by atoms with van der Waals surface area (Å²) in [4.78, 5) is 5.15. The Morgan fingerprint density at radius 2 is 2.27 bits per heavy atom. The zero-order valence-electron chi connectivity index (χ0n) is 7.09. The molecule has 0 unspecified atom stereocenters. The van der Waals surface area contributed by atoms with Gasteiger partial charge in [0.2, 0.25) is 0 Å². The van der Waals surface area contributed by atoms with Crippen LogP contribution in [0, 0.1) is 0 Å². The highest BCUT2D eigenvalue weighted by Crippen LogP contribution is 2.27. The molecule has 0 fully saturated rings. The van der Waals surface area contributed by atoms with E-state index in [1.54, 1.807) is 19.4 Å². The van der Waals surface area contributed by atoms with E-state index in [-0.39, 0.29) is 0 Å². The third-order valence-corrected chi connectivity index (χ3v) is 2.71. The van der Waals surface area contributed by atoms with Crippen LogP contribution >= 0.6 is 11.3 Å². The van der Waals surface area contributed by atoms with E-state index in [1.165, 1.54) is 11.3 Å². The highest BCUT2D eigenvalue weighted by atomic mass is 32.1. The molecular formula is C8H13NOS. The summed E-state index contributed by atoms with van der Waals surface area (Å²) in [6, 6.07) is 0. The lowest BCUT2D eigenvalue weighted by Crippen LogP contribution is -2.15. The number of hydrogen-bond acceptors (Lipinski definition) is 3. The summed E-state index contributed by atoms with van der Waals surface area (Å²) in [7, 11) is 0. The molecular weight excluding hydrogens is 158 g/mol. The molecule has 0 saturated carbocycles. The van der Waals surface area contributed by atoms with Crippen LogP contribution in [0.25, 0.3) is 0 Å². The number of hydrogen-bond donors (Lipinski definition) is 1.